The van der Waals surface area contributed by atoms with E-state index in [1.807, 2.05) is 0 Å². The lowest BCUT2D eigenvalue weighted by molar-refractivity contribution is 0.0697. The van der Waals surface area contributed by atoms with E-state index >= 15 is 0 Å². The molecule has 0 aliphatic rings. The number of hydrogen-bond acceptors (Lipinski definition) is 2. The molecule has 1 aromatic rings. The monoisotopic (exact) mass is 298 g/mol. The lowest BCUT2D eigenvalue weighted by Gasteiger charge is -2.18. The first-order valence-electron chi connectivity index (χ1n) is 6.26. The molecule has 0 aliphatic heterocycles. The maximum absolute atomic E-state index is 11.7. The van der Waals surface area contributed by atoms with Gasteiger partial charge in [0.25, 0.3) is 0 Å². The highest BCUT2D eigenvalue weighted by atomic mass is 35.5. The standard InChI is InChI=1S/C14H19ClN2O3/c1-14(2,3)4-5-16-13(20)17-11-7-9(12(18)19)6-10(15)8-11/h6-8H,4-5H2,1-3H3,(H,18,19)(H2,16,17,20). The van der Waals surface area contributed by atoms with Crippen LogP contribution in [0.4, 0.5) is 10.5 Å². The maximum atomic E-state index is 11.7. The van der Waals surface area contributed by atoms with Gasteiger partial charge < -0.3 is 15.7 Å². The van der Waals surface area contributed by atoms with Crippen LogP contribution in [0, 0.1) is 5.41 Å². The predicted molar refractivity (Wildman–Crippen MR) is 79.5 cm³/mol. The second-order valence-electron chi connectivity index (χ2n) is 5.73. The third-order valence-electron chi connectivity index (χ3n) is 2.56. The summed E-state index contributed by atoms with van der Waals surface area (Å²) in [5, 5.41) is 14.5. The minimum Gasteiger partial charge on any atom is -0.478 e. The zero-order valence-corrected chi connectivity index (χ0v) is 12.5. The van der Waals surface area contributed by atoms with Crippen LogP contribution >= 0.6 is 11.6 Å². The fourth-order valence-corrected chi connectivity index (χ4v) is 1.75. The molecule has 1 aromatic carbocycles. The molecule has 0 atom stereocenters. The third-order valence-corrected chi connectivity index (χ3v) is 2.78. The number of rotatable bonds is 4. The molecule has 2 amide bonds. The van der Waals surface area contributed by atoms with Crippen LogP contribution in [0.1, 0.15) is 37.6 Å². The quantitative estimate of drug-likeness (QED) is 0.794. The summed E-state index contributed by atoms with van der Waals surface area (Å²) >= 11 is 5.81. The average Bonchev–Trinajstić information content (AvgIpc) is 2.25. The number of aromatic carboxylic acids is 1. The van der Waals surface area contributed by atoms with E-state index in [9.17, 15) is 9.59 Å². The first-order chi connectivity index (χ1) is 9.17. The van der Waals surface area contributed by atoms with Crippen molar-refractivity contribution in [1.82, 2.24) is 5.32 Å². The van der Waals surface area contributed by atoms with Crippen LogP contribution in [0.25, 0.3) is 0 Å². The van der Waals surface area contributed by atoms with Gasteiger partial charge in [0.15, 0.2) is 0 Å². The van der Waals surface area contributed by atoms with Gasteiger partial charge in [0, 0.05) is 17.3 Å². The Hall–Kier alpha value is -1.75. The summed E-state index contributed by atoms with van der Waals surface area (Å²) in [4.78, 5) is 22.6. The van der Waals surface area contributed by atoms with E-state index in [0.29, 0.717) is 12.2 Å². The molecular formula is C14H19ClN2O3. The van der Waals surface area contributed by atoms with E-state index in [1.165, 1.54) is 18.2 Å². The fourth-order valence-electron chi connectivity index (χ4n) is 1.51. The third kappa shape index (κ3) is 5.93. The SMILES string of the molecule is CC(C)(C)CCNC(=O)Nc1cc(Cl)cc(C(=O)O)c1. The normalized spacial score (nSPS) is 11.0. The van der Waals surface area contributed by atoms with Crippen LogP contribution in [-0.4, -0.2) is 23.7 Å². The number of carbonyl (C=O) groups excluding carboxylic acids is 1. The van der Waals surface area contributed by atoms with Crippen LogP contribution in [0.3, 0.4) is 0 Å². The summed E-state index contributed by atoms with van der Waals surface area (Å²) in [6, 6.07) is 3.80. The first kappa shape index (κ1) is 16.3. The van der Waals surface area contributed by atoms with Gasteiger partial charge in [0.2, 0.25) is 0 Å². The van der Waals surface area contributed by atoms with Gasteiger partial charge in [-0.1, -0.05) is 32.4 Å². The predicted octanol–water partition coefficient (Wildman–Crippen LogP) is 3.60. The molecule has 0 radical (unpaired) electrons. The van der Waals surface area contributed by atoms with Gasteiger partial charge in [-0.05, 0) is 30.0 Å². The van der Waals surface area contributed by atoms with Crippen molar-refractivity contribution in [1.29, 1.82) is 0 Å². The zero-order chi connectivity index (χ0) is 15.3. The van der Waals surface area contributed by atoms with Crippen LogP contribution in [-0.2, 0) is 0 Å². The van der Waals surface area contributed by atoms with E-state index in [2.05, 4.69) is 31.4 Å². The Labute approximate surface area is 123 Å². The van der Waals surface area contributed by atoms with Gasteiger partial charge in [-0.2, -0.15) is 0 Å². The van der Waals surface area contributed by atoms with Crippen molar-refractivity contribution in [2.45, 2.75) is 27.2 Å². The summed E-state index contributed by atoms with van der Waals surface area (Å²) in [5.41, 5.74) is 0.519. The molecule has 5 nitrogen and oxygen atoms in total. The molecule has 0 unspecified atom stereocenters. The summed E-state index contributed by atoms with van der Waals surface area (Å²) in [7, 11) is 0. The van der Waals surface area contributed by atoms with Gasteiger partial charge in [-0.15, -0.1) is 0 Å². The van der Waals surface area contributed by atoms with Crippen molar-refractivity contribution >= 4 is 29.3 Å². The maximum Gasteiger partial charge on any atom is 0.335 e. The van der Waals surface area contributed by atoms with Gasteiger partial charge in [0.05, 0.1) is 5.56 Å². The molecule has 0 aliphatic carbocycles. The Kier molecular flexibility index (Phi) is 5.39. The van der Waals surface area contributed by atoms with E-state index < -0.39 is 5.97 Å². The van der Waals surface area contributed by atoms with Crippen LogP contribution in [0.15, 0.2) is 18.2 Å². The van der Waals surface area contributed by atoms with E-state index in [1.54, 1.807) is 0 Å². The largest absolute Gasteiger partial charge is 0.478 e. The highest BCUT2D eigenvalue weighted by Gasteiger charge is 2.11. The first-order valence-corrected chi connectivity index (χ1v) is 6.64. The summed E-state index contributed by atoms with van der Waals surface area (Å²) in [5.74, 6) is -1.09. The van der Waals surface area contributed by atoms with E-state index in [-0.39, 0.29) is 22.0 Å². The van der Waals surface area contributed by atoms with Crippen LogP contribution in [0.5, 0.6) is 0 Å². The van der Waals surface area contributed by atoms with Gasteiger partial charge >= 0.3 is 12.0 Å². The van der Waals surface area contributed by atoms with E-state index in [4.69, 9.17) is 16.7 Å². The molecule has 20 heavy (non-hydrogen) atoms. The van der Waals surface area contributed by atoms with Crippen molar-refractivity contribution in [3.05, 3.63) is 28.8 Å². The highest BCUT2D eigenvalue weighted by Crippen LogP contribution is 2.19. The van der Waals surface area contributed by atoms with Gasteiger partial charge in [0.1, 0.15) is 0 Å². The minimum atomic E-state index is -1.09. The van der Waals surface area contributed by atoms with Crippen molar-refractivity contribution < 1.29 is 14.7 Å². The van der Waals surface area contributed by atoms with E-state index in [0.717, 1.165) is 6.42 Å². The lowest BCUT2D eigenvalue weighted by atomic mass is 9.92. The summed E-state index contributed by atoms with van der Waals surface area (Å²) < 4.78 is 0. The Morgan fingerprint density at radius 1 is 1.25 bits per heavy atom. The number of hydrogen-bond donors (Lipinski definition) is 3. The number of carboxylic acid groups (broad SMARTS) is 1. The lowest BCUT2D eigenvalue weighted by Crippen LogP contribution is -2.31. The topological polar surface area (TPSA) is 78.4 Å². The molecule has 0 heterocycles. The molecular weight excluding hydrogens is 280 g/mol. The molecule has 3 N–H and O–H groups in total. The smallest absolute Gasteiger partial charge is 0.335 e. The molecule has 1 rings (SSSR count). The zero-order valence-electron chi connectivity index (χ0n) is 11.8. The number of nitrogens with one attached hydrogen (secondary N) is 2. The Balaban J connectivity index is 2.60. The summed E-state index contributed by atoms with van der Waals surface area (Å²) in [6.07, 6.45) is 0.844. The second-order valence-corrected chi connectivity index (χ2v) is 6.16. The van der Waals surface area contributed by atoms with Crippen molar-refractivity contribution in [2.24, 2.45) is 5.41 Å². The van der Waals surface area contributed by atoms with Crippen LogP contribution in [0.2, 0.25) is 5.02 Å². The van der Waals surface area contributed by atoms with Gasteiger partial charge in [-0.3, -0.25) is 0 Å². The Morgan fingerprint density at radius 3 is 2.45 bits per heavy atom. The molecule has 6 heteroatoms. The number of benzene rings is 1. The van der Waals surface area contributed by atoms with Crippen molar-refractivity contribution in [3.8, 4) is 0 Å². The fraction of sp³-hybridized carbons (Fsp3) is 0.429. The highest BCUT2D eigenvalue weighted by molar-refractivity contribution is 6.31. The molecule has 0 saturated carbocycles. The Bertz CT molecular complexity index is 510. The molecule has 0 fully saturated rings. The number of amides is 2. The molecule has 0 saturated heterocycles. The van der Waals surface area contributed by atoms with Crippen molar-refractivity contribution in [3.63, 3.8) is 0 Å². The molecule has 0 spiro atoms. The Morgan fingerprint density at radius 2 is 1.90 bits per heavy atom. The van der Waals surface area contributed by atoms with Gasteiger partial charge in [-0.25, -0.2) is 9.59 Å². The average molecular weight is 299 g/mol. The van der Waals surface area contributed by atoms with Crippen LogP contribution < -0.4 is 10.6 Å². The second kappa shape index (κ2) is 6.61. The molecule has 110 valence electrons. The molecule has 0 bridgehead atoms. The molecule has 0 aromatic heterocycles. The number of halogens is 1. The summed E-state index contributed by atoms with van der Waals surface area (Å²) in [6.45, 7) is 6.80. The van der Waals surface area contributed by atoms with Crippen molar-refractivity contribution in [2.75, 3.05) is 11.9 Å². The number of anilines is 1. The minimum absolute atomic E-state index is 0.0301. The number of carboxylic acids is 1. The number of urea groups is 1. The number of carbonyl (C=O) groups is 2.